The molecular weight excluding hydrogens is 413 g/mol. The molecule has 1 saturated heterocycles. The number of benzene rings is 2. The van der Waals surface area contributed by atoms with Crippen LogP contribution in [0.5, 0.6) is 0 Å². The first kappa shape index (κ1) is 19.0. The van der Waals surface area contributed by atoms with Crippen molar-refractivity contribution in [2.75, 3.05) is 4.90 Å². The van der Waals surface area contributed by atoms with Crippen molar-refractivity contribution in [3.63, 3.8) is 0 Å². The summed E-state index contributed by atoms with van der Waals surface area (Å²) in [5.41, 5.74) is 1.36. The van der Waals surface area contributed by atoms with E-state index in [4.69, 9.17) is 23.2 Å². The molecule has 8 heteroatoms. The Hall–Kier alpha value is -3.35. The summed E-state index contributed by atoms with van der Waals surface area (Å²) in [6, 6.07) is 16.7. The van der Waals surface area contributed by atoms with Gasteiger partial charge in [0.1, 0.15) is 5.57 Å². The monoisotopic (exact) mass is 425 g/mol. The number of para-hydroxylation sites is 1. The van der Waals surface area contributed by atoms with Gasteiger partial charge in [-0.05, 0) is 42.5 Å². The molecule has 1 aromatic heterocycles. The average molecular weight is 426 g/mol. The van der Waals surface area contributed by atoms with Gasteiger partial charge in [-0.15, -0.1) is 0 Å². The number of hydrogen-bond donors (Lipinski definition) is 1. The summed E-state index contributed by atoms with van der Waals surface area (Å²) in [6.45, 7) is 0. The molecule has 4 amide bonds. The first-order valence-corrected chi connectivity index (χ1v) is 9.31. The maximum absolute atomic E-state index is 13.0. The number of carbonyl (C=O) groups is 3. The summed E-state index contributed by atoms with van der Waals surface area (Å²) in [5.74, 6) is -1.57. The summed E-state index contributed by atoms with van der Waals surface area (Å²) in [7, 11) is 0. The fourth-order valence-corrected chi connectivity index (χ4v) is 3.40. The molecular formula is C21H13Cl2N3O3. The Balaban J connectivity index is 1.78. The number of rotatable bonds is 3. The number of imide groups is 2. The number of amides is 4. The van der Waals surface area contributed by atoms with E-state index in [-0.39, 0.29) is 21.3 Å². The van der Waals surface area contributed by atoms with Gasteiger partial charge in [-0.25, -0.2) is 9.69 Å². The molecule has 0 spiro atoms. The molecule has 6 nitrogen and oxygen atoms in total. The molecule has 1 fully saturated rings. The molecule has 2 aromatic carbocycles. The number of hydrogen-bond acceptors (Lipinski definition) is 3. The summed E-state index contributed by atoms with van der Waals surface area (Å²) < 4.78 is 1.82. The Morgan fingerprint density at radius 3 is 2.38 bits per heavy atom. The molecule has 144 valence electrons. The highest BCUT2D eigenvalue weighted by Crippen LogP contribution is 2.34. The van der Waals surface area contributed by atoms with E-state index < -0.39 is 17.8 Å². The van der Waals surface area contributed by atoms with Gasteiger partial charge in [0.05, 0.1) is 15.7 Å². The number of urea groups is 1. The van der Waals surface area contributed by atoms with E-state index in [1.807, 2.05) is 41.1 Å². The van der Waals surface area contributed by atoms with Crippen LogP contribution in [0.15, 0.2) is 72.4 Å². The predicted octanol–water partition coefficient (Wildman–Crippen LogP) is 4.45. The van der Waals surface area contributed by atoms with E-state index in [0.717, 1.165) is 10.6 Å². The maximum atomic E-state index is 13.0. The number of nitrogens with one attached hydrogen (secondary N) is 1. The molecule has 2 heterocycles. The van der Waals surface area contributed by atoms with Crippen molar-refractivity contribution in [2.45, 2.75) is 0 Å². The lowest BCUT2D eigenvalue weighted by atomic mass is 10.1. The molecule has 1 aliphatic rings. The number of aromatic nitrogens is 1. The van der Waals surface area contributed by atoms with Gasteiger partial charge in [0.15, 0.2) is 0 Å². The molecule has 0 bridgehead atoms. The minimum Gasteiger partial charge on any atom is -0.317 e. The van der Waals surface area contributed by atoms with E-state index in [1.165, 1.54) is 18.2 Å². The Kier molecular flexibility index (Phi) is 4.96. The van der Waals surface area contributed by atoms with Gasteiger partial charge in [-0.3, -0.25) is 14.9 Å². The van der Waals surface area contributed by atoms with Gasteiger partial charge in [0, 0.05) is 17.6 Å². The van der Waals surface area contributed by atoms with Crippen molar-refractivity contribution in [1.82, 2.24) is 9.88 Å². The standard InChI is InChI=1S/C21H13Cl2N3O3/c22-16-9-4-10-17(18(16)23)26-20(28)15(19(27)24-21(26)29)12-14-8-5-11-25(14)13-6-2-1-3-7-13/h1-12H,(H,24,27,29)/b15-12-. The average Bonchev–Trinajstić information content (AvgIpc) is 3.17. The number of halogens is 2. The predicted molar refractivity (Wildman–Crippen MR) is 111 cm³/mol. The molecule has 0 unspecified atom stereocenters. The molecule has 0 aliphatic carbocycles. The molecule has 0 atom stereocenters. The first-order chi connectivity index (χ1) is 14.0. The van der Waals surface area contributed by atoms with E-state index >= 15 is 0 Å². The zero-order chi connectivity index (χ0) is 20.5. The summed E-state index contributed by atoms with van der Waals surface area (Å²) in [5, 5.41) is 2.40. The van der Waals surface area contributed by atoms with Gasteiger partial charge >= 0.3 is 6.03 Å². The van der Waals surface area contributed by atoms with Crippen LogP contribution in [0.4, 0.5) is 10.5 Å². The second-order valence-electron chi connectivity index (χ2n) is 6.17. The summed E-state index contributed by atoms with van der Waals surface area (Å²) in [6.07, 6.45) is 3.24. The minimum absolute atomic E-state index is 0.0408. The van der Waals surface area contributed by atoms with E-state index in [1.54, 1.807) is 18.2 Å². The van der Waals surface area contributed by atoms with E-state index in [9.17, 15) is 14.4 Å². The number of barbiturate groups is 1. The van der Waals surface area contributed by atoms with E-state index in [0.29, 0.717) is 5.69 Å². The van der Waals surface area contributed by atoms with E-state index in [2.05, 4.69) is 5.32 Å². The van der Waals surface area contributed by atoms with Crippen molar-refractivity contribution < 1.29 is 14.4 Å². The van der Waals surface area contributed by atoms with Crippen LogP contribution in [-0.4, -0.2) is 22.4 Å². The lowest BCUT2D eigenvalue weighted by molar-refractivity contribution is -0.122. The molecule has 1 aliphatic heterocycles. The van der Waals surface area contributed by atoms with Gasteiger partial charge in [-0.1, -0.05) is 47.5 Å². The molecule has 3 aromatic rings. The van der Waals surface area contributed by atoms with Crippen LogP contribution in [0.3, 0.4) is 0 Å². The van der Waals surface area contributed by atoms with Crippen LogP contribution < -0.4 is 10.2 Å². The minimum atomic E-state index is -0.889. The van der Waals surface area contributed by atoms with Crippen molar-refractivity contribution in [3.8, 4) is 5.69 Å². The smallest absolute Gasteiger partial charge is 0.317 e. The zero-order valence-electron chi connectivity index (χ0n) is 14.8. The SMILES string of the molecule is O=C1NC(=O)N(c2cccc(Cl)c2Cl)C(=O)/C1=C\c1cccn1-c1ccccc1. The highest BCUT2D eigenvalue weighted by molar-refractivity contribution is 6.46. The Bertz CT molecular complexity index is 1170. The Labute approximate surface area is 175 Å². The second kappa shape index (κ2) is 7.58. The quantitative estimate of drug-likeness (QED) is 0.497. The fourth-order valence-electron chi connectivity index (χ4n) is 3.02. The number of nitrogens with zero attached hydrogens (tertiary/aromatic N) is 2. The van der Waals surface area contributed by atoms with Crippen LogP contribution >= 0.6 is 23.2 Å². The lowest BCUT2D eigenvalue weighted by Gasteiger charge is -2.27. The van der Waals surface area contributed by atoms with Gasteiger partial charge in [0.2, 0.25) is 0 Å². The third-order valence-corrected chi connectivity index (χ3v) is 5.19. The molecule has 1 N–H and O–H groups in total. The first-order valence-electron chi connectivity index (χ1n) is 8.55. The second-order valence-corrected chi connectivity index (χ2v) is 6.95. The normalized spacial score (nSPS) is 15.7. The summed E-state index contributed by atoms with van der Waals surface area (Å²) in [4.78, 5) is 38.6. The third kappa shape index (κ3) is 3.44. The van der Waals surface area contributed by atoms with Gasteiger partial charge in [0.25, 0.3) is 11.8 Å². The Morgan fingerprint density at radius 2 is 1.62 bits per heavy atom. The topological polar surface area (TPSA) is 71.4 Å². The Morgan fingerprint density at radius 1 is 0.862 bits per heavy atom. The van der Waals surface area contributed by atoms with Crippen LogP contribution in [0.25, 0.3) is 11.8 Å². The molecule has 0 saturated carbocycles. The van der Waals surface area contributed by atoms with Crippen LogP contribution in [-0.2, 0) is 9.59 Å². The van der Waals surface area contributed by atoms with Crippen molar-refractivity contribution >= 4 is 52.8 Å². The highest BCUT2D eigenvalue weighted by Gasteiger charge is 2.38. The fraction of sp³-hybridized carbons (Fsp3) is 0. The van der Waals surface area contributed by atoms with Crippen molar-refractivity contribution in [3.05, 3.63) is 88.2 Å². The van der Waals surface area contributed by atoms with Crippen molar-refractivity contribution in [2.24, 2.45) is 0 Å². The van der Waals surface area contributed by atoms with Gasteiger partial charge in [-0.2, -0.15) is 0 Å². The number of anilines is 1. The van der Waals surface area contributed by atoms with Crippen LogP contribution in [0.1, 0.15) is 5.69 Å². The molecule has 4 rings (SSSR count). The molecule has 29 heavy (non-hydrogen) atoms. The maximum Gasteiger partial charge on any atom is 0.336 e. The largest absolute Gasteiger partial charge is 0.336 e. The van der Waals surface area contributed by atoms with Crippen molar-refractivity contribution in [1.29, 1.82) is 0 Å². The highest BCUT2D eigenvalue weighted by atomic mass is 35.5. The number of carbonyl (C=O) groups excluding carboxylic acids is 3. The third-order valence-electron chi connectivity index (χ3n) is 4.38. The lowest BCUT2D eigenvalue weighted by Crippen LogP contribution is -2.54. The zero-order valence-corrected chi connectivity index (χ0v) is 16.3. The van der Waals surface area contributed by atoms with Crippen LogP contribution in [0.2, 0.25) is 10.0 Å². The van der Waals surface area contributed by atoms with Crippen LogP contribution in [0, 0.1) is 0 Å². The molecule has 0 radical (unpaired) electrons. The summed E-state index contributed by atoms with van der Waals surface area (Å²) >= 11 is 12.2. The van der Waals surface area contributed by atoms with Gasteiger partial charge < -0.3 is 4.57 Å².